The van der Waals surface area contributed by atoms with Crippen molar-refractivity contribution in [2.24, 2.45) is 0 Å². The van der Waals surface area contributed by atoms with Crippen LogP contribution >= 0.6 is 12.4 Å². The van der Waals surface area contributed by atoms with Crippen molar-refractivity contribution in [1.82, 2.24) is 5.32 Å². The van der Waals surface area contributed by atoms with Crippen LogP contribution < -0.4 is 5.32 Å². The molecular weight excluding hydrogens is 310 g/mol. The third-order valence-corrected chi connectivity index (χ3v) is 4.10. The smallest absolute Gasteiger partial charge is 0.222 e. The van der Waals surface area contributed by atoms with Crippen LogP contribution in [0.15, 0.2) is 60.7 Å². The molecule has 3 nitrogen and oxygen atoms in total. The van der Waals surface area contributed by atoms with Crippen LogP contribution in [0.3, 0.4) is 0 Å². The first-order valence-corrected chi connectivity index (χ1v) is 7.92. The SMILES string of the molecule is CNCCC1CCOC(c2ccccc2)(c2ccccc2)O1.Cl. The molecule has 1 unspecified atom stereocenters. The molecule has 2 aromatic carbocycles. The minimum absolute atomic E-state index is 0. The topological polar surface area (TPSA) is 30.5 Å². The molecule has 124 valence electrons. The predicted molar refractivity (Wildman–Crippen MR) is 94.9 cm³/mol. The van der Waals surface area contributed by atoms with Gasteiger partial charge in [0.05, 0.1) is 12.7 Å². The molecule has 0 saturated carbocycles. The number of hydrogen-bond acceptors (Lipinski definition) is 3. The van der Waals surface area contributed by atoms with Gasteiger partial charge in [0.25, 0.3) is 0 Å². The molecule has 0 amide bonds. The Balaban J connectivity index is 0.00000192. The van der Waals surface area contributed by atoms with Crippen LogP contribution in [0.1, 0.15) is 24.0 Å². The summed E-state index contributed by atoms with van der Waals surface area (Å²) in [6.45, 7) is 1.66. The van der Waals surface area contributed by atoms with Crippen LogP contribution in [0, 0.1) is 0 Å². The average molecular weight is 334 g/mol. The highest BCUT2D eigenvalue weighted by atomic mass is 35.5. The van der Waals surface area contributed by atoms with Crippen molar-refractivity contribution in [3.05, 3.63) is 71.8 Å². The van der Waals surface area contributed by atoms with E-state index in [4.69, 9.17) is 9.47 Å². The number of ether oxygens (including phenoxy) is 2. The Kier molecular flexibility index (Phi) is 6.60. The van der Waals surface area contributed by atoms with Gasteiger partial charge in [0, 0.05) is 11.1 Å². The van der Waals surface area contributed by atoms with Gasteiger partial charge in [-0.3, -0.25) is 0 Å². The fourth-order valence-electron chi connectivity index (χ4n) is 2.95. The first-order chi connectivity index (χ1) is 10.8. The van der Waals surface area contributed by atoms with Crippen LogP contribution in [-0.2, 0) is 15.3 Å². The maximum Gasteiger partial charge on any atom is 0.222 e. The van der Waals surface area contributed by atoms with Gasteiger partial charge in [-0.25, -0.2) is 0 Å². The van der Waals surface area contributed by atoms with Crippen molar-refractivity contribution in [2.45, 2.75) is 24.7 Å². The van der Waals surface area contributed by atoms with Gasteiger partial charge in [0.1, 0.15) is 0 Å². The molecule has 1 heterocycles. The van der Waals surface area contributed by atoms with E-state index in [1.807, 2.05) is 43.4 Å². The van der Waals surface area contributed by atoms with Gasteiger partial charge < -0.3 is 14.8 Å². The van der Waals surface area contributed by atoms with Crippen molar-refractivity contribution in [3.8, 4) is 0 Å². The van der Waals surface area contributed by atoms with E-state index >= 15 is 0 Å². The van der Waals surface area contributed by atoms with E-state index in [-0.39, 0.29) is 18.5 Å². The zero-order chi connectivity index (χ0) is 15.3. The van der Waals surface area contributed by atoms with E-state index < -0.39 is 5.79 Å². The van der Waals surface area contributed by atoms with Crippen molar-refractivity contribution in [2.75, 3.05) is 20.2 Å². The lowest BCUT2D eigenvalue weighted by Gasteiger charge is -2.42. The van der Waals surface area contributed by atoms with E-state index in [9.17, 15) is 0 Å². The first kappa shape index (κ1) is 18.0. The van der Waals surface area contributed by atoms with E-state index in [1.165, 1.54) is 0 Å². The number of nitrogens with one attached hydrogen (secondary N) is 1. The Morgan fingerprint density at radius 3 is 2.09 bits per heavy atom. The molecule has 1 N–H and O–H groups in total. The first-order valence-electron chi connectivity index (χ1n) is 7.92. The molecule has 0 aromatic heterocycles. The lowest BCUT2D eigenvalue weighted by molar-refractivity contribution is -0.279. The summed E-state index contributed by atoms with van der Waals surface area (Å²) < 4.78 is 12.7. The zero-order valence-electron chi connectivity index (χ0n) is 13.4. The molecule has 0 bridgehead atoms. The molecule has 23 heavy (non-hydrogen) atoms. The van der Waals surface area contributed by atoms with Gasteiger partial charge in [-0.05, 0) is 26.4 Å². The molecule has 1 atom stereocenters. The maximum atomic E-state index is 6.49. The molecule has 0 radical (unpaired) electrons. The fraction of sp³-hybridized carbons (Fsp3) is 0.368. The second kappa shape index (κ2) is 8.46. The van der Waals surface area contributed by atoms with Crippen molar-refractivity contribution >= 4 is 12.4 Å². The number of benzene rings is 2. The molecule has 0 aliphatic carbocycles. The van der Waals surface area contributed by atoms with Gasteiger partial charge in [-0.15, -0.1) is 12.4 Å². The standard InChI is InChI=1S/C19H23NO2.ClH/c1-20-14-12-18-13-15-21-19(22-18,16-8-4-2-5-9-16)17-10-6-3-7-11-17;/h2-11,18,20H,12-15H2,1H3;1H. The molecule has 1 aliphatic heterocycles. The Bertz CT molecular complexity index is 537. The number of rotatable bonds is 5. The predicted octanol–water partition coefficient (Wildman–Crippen LogP) is 3.72. The second-order valence-corrected chi connectivity index (χ2v) is 5.62. The zero-order valence-corrected chi connectivity index (χ0v) is 14.2. The van der Waals surface area contributed by atoms with Crippen LogP contribution in [0.2, 0.25) is 0 Å². The average Bonchev–Trinajstić information content (AvgIpc) is 2.61. The molecule has 0 spiro atoms. The van der Waals surface area contributed by atoms with E-state index in [2.05, 4.69) is 29.6 Å². The quantitative estimate of drug-likeness (QED) is 0.904. The summed E-state index contributed by atoms with van der Waals surface area (Å²) in [5.41, 5.74) is 2.10. The molecule has 1 fully saturated rings. The summed E-state index contributed by atoms with van der Waals surface area (Å²) in [5, 5.41) is 3.20. The fourth-order valence-corrected chi connectivity index (χ4v) is 2.95. The van der Waals surface area contributed by atoms with E-state index in [0.717, 1.165) is 30.5 Å². The highest BCUT2D eigenvalue weighted by molar-refractivity contribution is 5.85. The Labute approximate surface area is 144 Å². The van der Waals surface area contributed by atoms with Crippen LogP contribution in [0.4, 0.5) is 0 Å². The third kappa shape index (κ3) is 3.93. The summed E-state index contributed by atoms with van der Waals surface area (Å²) in [6.07, 6.45) is 2.12. The number of halogens is 1. The normalized spacial score (nSPS) is 19.8. The summed E-state index contributed by atoms with van der Waals surface area (Å²) in [6, 6.07) is 20.5. The summed E-state index contributed by atoms with van der Waals surface area (Å²) in [5.74, 6) is -0.792. The minimum Gasteiger partial charge on any atom is -0.342 e. The Morgan fingerprint density at radius 1 is 1.00 bits per heavy atom. The third-order valence-electron chi connectivity index (χ3n) is 4.10. The Hall–Kier alpha value is -1.39. The molecular formula is C19H24ClNO2. The minimum atomic E-state index is -0.792. The summed E-state index contributed by atoms with van der Waals surface area (Å²) >= 11 is 0. The van der Waals surface area contributed by atoms with E-state index in [1.54, 1.807) is 0 Å². The van der Waals surface area contributed by atoms with Crippen molar-refractivity contribution in [3.63, 3.8) is 0 Å². The molecule has 2 aromatic rings. The van der Waals surface area contributed by atoms with E-state index in [0.29, 0.717) is 6.61 Å². The monoisotopic (exact) mass is 333 g/mol. The summed E-state index contributed by atoms with van der Waals surface area (Å²) in [7, 11) is 1.97. The van der Waals surface area contributed by atoms with Gasteiger partial charge in [0.15, 0.2) is 0 Å². The molecule has 1 saturated heterocycles. The highest BCUT2D eigenvalue weighted by Crippen LogP contribution is 2.39. The van der Waals surface area contributed by atoms with Crippen molar-refractivity contribution in [1.29, 1.82) is 0 Å². The van der Waals surface area contributed by atoms with Crippen molar-refractivity contribution < 1.29 is 9.47 Å². The van der Waals surface area contributed by atoms with Gasteiger partial charge in [-0.2, -0.15) is 0 Å². The highest BCUT2D eigenvalue weighted by Gasteiger charge is 2.41. The summed E-state index contributed by atoms with van der Waals surface area (Å²) in [4.78, 5) is 0. The maximum absolute atomic E-state index is 6.49. The lowest BCUT2D eigenvalue weighted by atomic mass is 9.95. The van der Waals surface area contributed by atoms with Crippen LogP contribution in [0.25, 0.3) is 0 Å². The van der Waals surface area contributed by atoms with Gasteiger partial charge in [-0.1, -0.05) is 60.7 Å². The number of hydrogen-bond donors (Lipinski definition) is 1. The Morgan fingerprint density at radius 2 is 1.57 bits per heavy atom. The lowest BCUT2D eigenvalue weighted by Crippen LogP contribution is -2.44. The van der Waals surface area contributed by atoms with Gasteiger partial charge >= 0.3 is 0 Å². The molecule has 3 rings (SSSR count). The molecule has 1 aliphatic rings. The second-order valence-electron chi connectivity index (χ2n) is 5.62. The molecule has 4 heteroatoms. The largest absolute Gasteiger partial charge is 0.342 e. The van der Waals surface area contributed by atoms with Crippen LogP contribution in [0.5, 0.6) is 0 Å². The van der Waals surface area contributed by atoms with Gasteiger partial charge in [0.2, 0.25) is 5.79 Å². The van der Waals surface area contributed by atoms with Crippen LogP contribution in [-0.4, -0.2) is 26.3 Å².